The normalized spacial score (nSPS) is 10.9. The first-order valence-corrected chi connectivity index (χ1v) is 13.2. The summed E-state index contributed by atoms with van der Waals surface area (Å²) in [6.45, 7) is 7.34. The summed E-state index contributed by atoms with van der Waals surface area (Å²) in [7, 11) is 0. The zero-order chi connectivity index (χ0) is 19.7. The summed E-state index contributed by atoms with van der Waals surface area (Å²) in [4.78, 5) is 0. The molecular formula is C26H56BrN. The van der Waals surface area contributed by atoms with Crippen molar-refractivity contribution in [3.8, 4) is 0 Å². The summed E-state index contributed by atoms with van der Waals surface area (Å²) in [6, 6.07) is 0. The summed E-state index contributed by atoms with van der Waals surface area (Å²) >= 11 is 0. The largest absolute Gasteiger partial charge is 1.00 e. The first-order chi connectivity index (χ1) is 13.4. The summed E-state index contributed by atoms with van der Waals surface area (Å²) in [5.74, 6) is 0. The maximum Gasteiger partial charge on any atom is 0.0755 e. The number of halogens is 1. The monoisotopic (exact) mass is 461 g/mol. The van der Waals surface area contributed by atoms with Crippen LogP contribution in [-0.4, -0.2) is 13.1 Å². The van der Waals surface area contributed by atoms with Crippen LogP contribution in [0.15, 0.2) is 0 Å². The first kappa shape index (κ1) is 30.6. The van der Waals surface area contributed by atoms with Crippen molar-refractivity contribution in [3.63, 3.8) is 0 Å². The van der Waals surface area contributed by atoms with Crippen molar-refractivity contribution >= 4 is 0 Å². The van der Waals surface area contributed by atoms with Gasteiger partial charge in [-0.3, -0.25) is 0 Å². The van der Waals surface area contributed by atoms with Gasteiger partial charge in [0.15, 0.2) is 0 Å². The van der Waals surface area contributed by atoms with Crippen molar-refractivity contribution in [1.29, 1.82) is 0 Å². The highest BCUT2D eigenvalue weighted by Crippen LogP contribution is 2.12. The van der Waals surface area contributed by atoms with E-state index < -0.39 is 0 Å². The average molecular weight is 463 g/mol. The Bertz CT molecular complexity index is 221. The zero-order valence-corrected chi connectivity index (χ0v) is 21.5. The van der Waals surface area contributed by atoms with Gasteiger partial charge in [0, 0.05) is 0 Å². The first-order valence-electron chi connectivity index (χ1n) is 13.2. The molecule has 0 aliphatic carbocycles. The molecule has 0 aromatic heterocycles. The van der Waals surface area contributed by atoms with Crippen molar-refractivity contribution in [1.82, 2.24) is 0 Å². The maximum atomic E-state index is 2.57. The second-order valence-electron chi connectivity index (χ2n) is 8.94. The van der Waals surface area contributed by atoms with Crippen LogP contribution in [-0.2, 0) is 0 Å². The van der Waals surface area contributed by atoms with Crippen LogP contribution >= 0.6 is 0 Å². The molecule has 0 heterocycles. The SMILES string of the molecule is CCCCCCCCCCCCC[NH2+]CCCCCCCCCCCCC.[Br-]. The highest BCUT2D eigenvalue weighted by molar-refractivity contribution is 4.49. The molecule has 1 nitrogen and oxygen atoms in total. The number of nitrogens with two attached hydrogens (primary N) is 1. The molecule has 0 saturated carbocycles. The minimum Gasteiger partial charge on any atom is -1.00 e. The van der Waals surface area contributed by atoms with Gasteiger partial charge < -0.3 is 22.3 Å². The minimum absolute atomic E-state index is 0. The van der Waals surface area contributed by atoms with Crippen LogP contribution in [0.5, 0.6) is 0 Å². The smallest absolute Gasteiger partial charge is 0.0755 e. The van der Waals surface area contributed by atoms with Crippen molar-refractivity contribution < 1.29 is 22.3 Å². The Labute approximate surface area is 190 Å². The van der Waals surface area contributed by atoms with Gasteiger partial charge >= 0.3 is 0 Å². The van der Waals surface area contributed by atoms with E-state index >= 15 is 0 Å². The second-order valence-corrected chi connectivity index (χ2v) is 8.94. The number of rotatable bonds is 24. The van der Waals surface area contributed by atoms with Gasteiger partial charge in [-0.05, 0) is 25.7 Å². The summed E-state index contributed by atoms with van der Waals surface area (Å²) in [5.41, 5.74) is 0. The fourth-order valence-corrected chi connectivity index (χ4v) is 4.05. The molecule has 0 aliphatic rings. The molecule has 2 N–H and O–H groups in total. The van der Waals surface area contributed by atoms with E-state index in [4.69, 9.17) is 0 Å². The fourth-order valence-electron chi connectivity index (χ4n) is 4.05. The number of unbranched alkanes of at least 4 members (excludes halogenated alkanes) is 20. The lowest BCUT2D eigenvalue weighted by molar-refractivity contribution is -0.655. The minimum atomic E-state index is 0. The molecule has 0 fully saturated rings. The van der Waals surface area contributed by atoms with Crippen LogP contribution < -0.4 is 22.3 Å². The van der Waals surface area contributed by atoms with E-state index in [9.17, 15) is 0 Å². The van der Waals surface area contributed by atoms with E-state index in [1.807, 2.05) is 0 Å². The lowest BCUT2D eigenvalue weighted by atomic mass is 10.1. The average Bonchev–Trinajstić information content (AvgIpc) is 2.68. The predicted octanol–water partition coefficient (Wildman–Crippen LogP) is 5.18. The molecule has 0 rings (SSSR count). The molecule has 0 aliphatic heterocycles. The van der Waals surface area contributed by atoms with Gasteiger partial charge in [-0.2, -0.15) is 0 Å². The summed E-state index contributed by atoms with van der Waals surface area (Å²) in [5, 5.41) is 2.57. The lowest BCUT2D eigenvalue weighted by Crippen LogP contribution is -3.00. The van der Waals surface area contributed by atoms with E-state index in [2.05, 4.69) is 19.2 Å². The van der Waals surface area contributed by atoms with Gasteiger partial charge in [0.2, 0.25) is 0 Å². The Morgan fingerprint density at radius 1 is 0.321 bits per heavy atom. The van der Waals surface area contributed by atoms with E-state index in [1.165, 1.54) is 154 Å². The van der Waals surface area contributed by atoms with E-state index in [0.717, 1.165) is 0 Å². The second kappa shape index (κ2) is 29.6. The van der Waals surface area contributed by atoms with E-state index in [-0.39, 0.29) is 17.0 Å². The number of hydrogen-bond acceptors (Lipinski definition) is 0. The van der Waals surface area contributed by atoms with Crippen molar-refractivity contribution in [3.05, 3.63) is 0 Å². The van der Waals surface area contributed by atoms with Crippen molar-refractivity contribution in [2.75, 3.05) is 13.1 Å². The lowest BCUT2D eigenvalue weighted by Gasteiger charge is -2.04. The van der Waals surface area contributed by atoms with E-state index in [0.29, 0.717) is 0 Å². The molecule has 172 valence electrons. The van der Waals surface area contributed by atoms with Crippen LogP contribution in [0.2, 0.25) is 0 Å². The molecule has 0 bridgehead atoms. The topological polar surface area (TPSA) is 16.6 Å². The Morgan fingerprint density at radius 2 is 0.536 bits per heavy atom. The molecule has 0 spiro atoms. The third-order valence-corrected chi connectivity index (χ3v) is 6.02. The van der Waals surface area contributed by atoms with Gasteiger partial charge in [0.1, 0.15) is 0 Å². The predicted molar refractivity (Wildman–Crippen MR) is 125 cm³/mol. The fraction of sp³-hybridized carbons (Fsp3) is 1.00. The third kappa shape index (κ3) is 28.6. The molecule has 0 atom stereocenters. The van der Waals surface area contributed by atoms with Crippen LogP contribution in [0.25, 0.3) is 0 Å². The van der Waals surface area contributed by atoms with Gasteiger partial charge in [-0.15, -0.1) is 0 Å². The molecule has 0 saturated heterocycles. The van der Waals surface area contributed by atoms with E-state index in [1.54, 1.807) is 0 Å². The Kier molecular flexibility index (Phi) is 32.4. The van der Waals surface area contributed by atoms with Crippen molar-refractivity contribution in [2.45, 2.75) is 155 Å². The van der Waals surface area contributed by atoms with Gasteiger partial charge in [-0.25, -0.2) is 0 Å². The zero-order valence-electron chi connectivity index (χ0n) is 19.9. The molecule has 0 unspecified atom stereocenters. The van der Waals surface area contributed by atoms with Crippen molar-refractivity contribution in [2.24, 2.45) is 0 Å². The highest BCUT2D eigenvalue weighted by Gasteiger charge is 1.96. The van der Waals surface area contributed by atoms with Gasteiger partial charge in [0.25, 0.3) is 0 Å². The van der Waals surface area contributed by atoms with Crippen LogP contribution in [0, 0.1) is 0 Å². The maximum absolute atomic E-state index is 2.57. The Morgan fingerprint density at radius 3 is 0.786 bits per heavy atom. The molecule has 0 aromatic carbocycles. The quantitative estimate of drug-likeness (QED) is 0.191. The summed E-state index contributed by atoms with van der Waals surface area (Å²) < 4.78 is 0. The number of hydrogen-bond donors (Lipinski definition) is 1. The summed E-state index contributed by atoms with van der Waals surface area (Å²) in [6.07, 6.45) is 32.1. The Hall–Kier alpha value is 0.440. The van der Waals surface area contributed by atoms with Crippen LogP contribution in [0.4, 0.5) is 0 Å². The van der Waals surface area contributed by atoms with Crippen LogP contribution in [0.1, 0.15) is 155 Å². The van der Waals surface area contributed by atoms with Crippen LogP contribution in [0.3, 0.4) is 0 Å². The Balaban J connectivity index is 0. The van der Waals surface area contributed by atoms with Gasteiger partial charge in [-0.1, -0.05) is 129 Å². The highest BCUT2D eigenvalue weighted by atomic mass is 79.9. The molecular weight excluding hydrogens is 406 g/mol. The van der Waals surface area contributed by atoms with Gasteiger partial charge in [0.05, 0.1) is 13.1 Å². The molecule has 0 radical (unpaired) electrons. The molecule has 0 aromatic rings. The molecule has 28 heavy (non-hydrogen) atoms. The number of quaternary nitrogens is 1. The molecule has 0 amide bonds. The third-order valence-electron chi connectivity index (χ3n) is 6.02. The molecule has 2 heteroatoms. The standard InChI is InChI=1S/C26H55N.BrH/c1-3-5-7-9-11-13-15-17-19-21-23-25-27-26-24-22-20-18-16-14-12-10-8-6-4-2;/h27H,3-26H2,1-2H3;1H.